The van der Waals surface area contributed by atoms with Crippen molar-refractivity contribution in [3.63, 3.8) is 0 Å². The van der Waals surface area contributed by atoms with Crippen molar-refractivity contribution in [2.24, 2.45) is 5.92 Å². The highest BCUT2D eigenvalue weighted by molar-refractivity contribution is 5.78. The van der Waals surface area contributed by atoms with Crippen molar-refractivity contribution in [2.75, 3.05) is 19.7 Å². The van der Waals surface area contributed by atoms with Gasteiger partial charge in [-0.2, -0.15) is 0 Å². The second kappa shape index (κ2) is 4.76. The molecule has 0 spiro atoms. The minimum absolute atomic E-state index is 0.0145. The van der Waals surface area contributed by atoms with E-state index in [4.69, 9.17) is 9.84 Å². The summed E-state index contributed by atoms with van der Waals surface area (Å²) in [4.78, 5) is 24.5. The Bertz CT molecular complexity index is 360. The van der Waals surface area contributed by atoms with Gasteiger partial charge in [-0.15, -0.1) is 0 Å². The fourth-order valence-corrected chi connectivity index (χ4v) is 2.47. The van der Waals surface area contributed by atoms with Crippen LogP contribution in [0, 0.1) is 5.92 Å². The van der Waals surface area contributed by atoms with Gasteiger partial charge in [-0.05, 0) is 26.7 Å². The monoisotopic (exact) mass is 256 g/mol. The molecule has 0 radical (unpaired) electrons. The number of carboxylic acids is 1. The van der Waals surface area contributed by atoms with E-state index in [1.807, 2.05) is 13.8 Å². The number of hydrogen-bond acceptors (Lipinski definition) is 3. The molecule has 3 unspecified atom stereocenters. The highest BCUT2D eigenvalue weighted by Crippen LogP contribution is 2.26. The molecule has 0 aromatic carbocycles. The van der Waals surface area contributed by atoms with Crippen molar-refractivity contribution in [3.8, 4) is 0 Å². The van der Waals surface area contributed by atoms with Gasteiger partial charge < -0.3 is 20.1 Å². The fourth-order valence-electron chi connectivity index (χ4n) is 2.47. The lowest BCUT2D eigenvalue weighted by Crippen LogP contribution is -2.54. The minimum Gasteiger partial charge on any atom is -0.481 e. The first-order chi connectivity index (χ1) is 8.42. The second-order valence-corrected chi connectivity index (χ2v) is 5.38. The first kappa shape index (κ1) is 13.1. The van der Waals surface area contributed by atoms with Gasteiger partial charge in [0, 0.05) is 19.7 Å². The molecule has 6 heteroatoms. The van der Waals surface area contributed by atoms with Gasteiger partial charge in [0.2, 0.25) is 0 Å². The van der Waals surface area contributed by atoms with Crippen LogP contribution in [0.15, 0.2) is 0 Å². The summed E-state index contributed by atoms with van der Waals surface area (Å²) in [5, 5.41) is 11.9. The lowest BCUT2D eigenvalue weighted by molar-refractivity contribution is -0.141. The summed E-state index contributed by atoms with van der Waals surface area (Å²) in [6.45, 7) is 5.36. The van der Waals surface area contributed by atoms with E-state index in [1.165, 1.54) is 0 Å². The maximum absolute atomic E-state index is 12.1. The van der Waals surface area contributed by atoms with E-state index in [1.54, 1.807) is 4.90 Å². The van der Waals surface area contributed by atoms with E-state index in [-0.39, 0.29) is 17.7 Å². The minimum atomic E-state index is -0.825. The van der Waals surface area contributed by atoms with E-state index in [9.17, 15) is 9.59 Å². The smallest absolute Gasteiger partial charge is 0.317 e. The lowest BCUT2D eigenvalue weighted by Gasteiger charge is -2.31. The molecule has 0 saturated carbocycles. The number of carbonyl (C=O) groups is 2. The molecular formula is C12H20N2O4. The van der Waals surface area contributed by atoms with Crippen LogP contribution < -0.4 is 5.32 Å². The number of carboxylic acid groups (broad SMARTS) is 1. The molecule has 2 N–H and O–H groups in total. The summed E-state index contributed by atoms with van der Waals surface area (Å²) in [7, 11) is 0. The third-order valence-corrected chi connectivity index (χ3v) is 4.10. The predicted octanol–water partition coefficient (Wildman–Crippen LogP) is 0.670. The maximum Gasteiger partial charge on any atom is 0.317 e. The molecule has 6 nitrogen and oxygen atoms in total. The zero-order valence-corrected chi connectivity index (χ0v) is 10.8. The van der Waals surface area contributed by atoms with Gasteiger partial charge in [-0.1, -0.05) is 0 Å². The Morgan fingerprint density at radius 2 is 2.22 bits per heavy atom. The number of rotatable bonds is 2. The van der Waals surface area contributed by atoms with Gasteiger partial charge >= 0.3 is 12.0 Å². The molecule has 2 fully saturated rings. The Morgan fingerprint density at radius 1 is 1.50 bits per heavy atom. The van der Waals surface area contributed by atoms with Crippen LogP contribution in [0.2, 0.25) is 0 Å². The van der Waals surface area contributed by atoms with Crippen LogP contribution in [0.4, 0.5) is 4.79 Å². The fraction of sp³-hybridized carbons (Fsp3) is 0.833. The number of ether oxygens (including phenoxy) is 1. The summed E-state index contributed by atoms with van der Waals surface area (Å²) < 4.78 is 5.46. The van der Waals surface area contributed by atoms with Crippen molar-refractivity contribution < 1.29 is 19.4 Å². The first-order valence-electron chi connectivity index (χ1n) is 6.34. The van der Waals surface area contributed by atoms with Crippen molar-refractivity contribution >= 4 is 12.0 Å². The van der Waals surface area contributed by atoms with Crippen LogP contribution in [-0.2, 0) is 9.53 Å². The summed E-state index contributed by atoms with van der Waals surface area (Å²) in [6.07, 6.45) is 1.31. The second-order valence-electron chi connectivity index (χ2n) is 5.38. The van der Waals surface area contributed by atoms with Gasteiger partial charge in [0.25, 0.3) is 0 Å². The molecule has 0 aromatic heterocycles. The van der Waals surface area contributed by atoms with Crippen molar-refractivity contribution in [2.45, 2.75) is 38.3 Å². The van der Waals surface area contributed by atoms with E-state index in [2.05, 4.69) is 5.32 Å². The van der Waals surface area contributed by atoms with E-state index >= 15 is 0 Å². The number of nitrogens with zero attached hydrogens (tertiary/aromatic N) is 1. The van der Waals surface area contributed by atoms with Crippen molar-refractivity contribution in [1.82, 2.24) is 10.2 Å². The Balaban J connectivity index is 1.91. The molecule has 2 aliphatic heterocycles. The number of amides is 2. The van der Waals surface area contributed by atoms with Crippen molar-refractivity contribution in [1.29, 1.82) is 0 Å². The summed E-state index contributed by atoms with van der Waals surface area (Å²) >= 11 is 0. The normalized spacial score (nSPS) is 35.8. The Kier molecular flexibility index (Phi) is 3.47. The Morgan fingerprint density at radius 3 is 2.72 bits per heavy atom. The average molecular weight is 256 g/mol. The lowest BCUT2D eigenvalue weighted by atomic mass is 9.95. The van der Waals surface area contributed by atoms with Gasteiger partial charge in [0.15, 0.2) is 0 Å². The molecular weight excluding hydrogens is 236 g/mol. The standard InChI is InChI=1S/C12H20N2O4/c1-8-12(2,4-6-18-8)13-11(17)14-5-3-9(7-14)10(15)16/h8-9H,3-7H2,1-2H3,(H,13,17)(H,15,16). The summed E-state index contributed by atoms with van der Waals surface area (Å²) in [6, 6.07) is -0.182. The molecule has 18 heavy (non-hydrogen) atoms. The van der Waals surface area contributed by atoms with Crippen LogP contribution in [-0.4, -0.2) is 53.3 Å². The van der Waals surface area contributed by atoms with Gasteiger partial charge in [0.05, 0.1) is 17.6 Å². The predicted molar refractivity (Wildman–Crippen MR) is 64.3 cm³/mol. The Labute approximate surface area is 106 Å². The third kappa shape index (κ3) is 2.43. The number of nitrogens with one attached hydrogen (secondary N) is 1. The quantitative estimate of drug-likeness (QED) is 0.761. The number of aliphatic carboxylic acids is 1. The van der Waals surface area contributed by atoms with Crippen molar-refractivity contribution in [3.05, 3.63) is 0 Å². The van der Waals surface area contributed by atoms with Crippen LogP contribution in [0.3, 0.4) is 0 Å². The van der Waals surface area contributed by atoms with E-state index in [0.29, 0.717) is 26.1 Å². The number of likely N-dealkylation sites (tertiary alicyclic amines) is 1. The highest BCUT2D eigenvalue weighted by Gasteiger charge is 2.40. The molecule has 2 amide bonds. The van der Waals surface area contributed by atoms with Crippen LogP contribution in [0.5, 0.6) is 0 Å². The number of urea groups is 1. The van der Waals surface area contributed by atoms with Gasteiger partial charge in [0.1, 0.15) is 0 Å². The first-order valence-corrected chi connectivity index (χ1v) is 6.34. The highest BCUT2D eigenvalue weighted by atomic mass is 16.5. The Hall–Kier alpha value is -1.30. The van der Waals surface area contributed by atoms with Crippen LogP contribution in [0.1, 0.15) is 26.7 Å². The zero-order chi connectivity index (χ0) is 13.3. The summed E-state index contributed by atoms with van der Waals surface area (Å²) in [5.41, 5.74) is -0.349. The molecule has 2 heterocycles. The summed E-state index contributed by atoms with van der Waals surface area (Å²) in [5.74, 6) is -1.25. The van der Waals surface area contributed by atoms with Crippen LogP contribution >= 0.6 is 0 Å². The zero-order valence-electron chi connectivity index (χ0n) is 10.8. The largest absolute Gasteiger partial charge is 0.481 e. The molecule has 2 saturated heterocycles. The molecule has 0 aliphatic carbocycles. The number of carbonyl (C=O) groups excluding carboxylic acids is 1. The molecule has 0 bridgehead atoms. The van der Waals surface area contributed by atoms with Crippen LogP contribution in [0.25, 0.3) is 0 Å². The van der Waals surface area contributed by atoms with Gasteiger partial charge in [-0.3, -0.25) is 4.79 Å². The van der Waals surface area contributed by atoms with Gasteiger partial charge in [-0.25, -0.2) is 4.79 Å². The molecule has 102 valence electrons. The maximum atomic E-state index is 12.1. The van der Waals surface area contributed by atoms with E-state index in [0.717, 1.165) is 6.42 Å². The molecule has 0 aromatic rings. The number of hydrogen-bond donors (Lipinski definition) is 2. The topological polar surface area (TPSA) is 78.9 Å². The third-order valence-electron chi connectivity index (χ3n) is 4.10. The SMILES string of the molecule is CC1OCCC1(C)NC(=O)N1CCC(C(=O)O)C1. The molecule has 2 aliphatic rings. The van der Waals surface area contributed by atoms with E-state index < -0.39 is 11.9 Å². The molecule has 3 atom stereocenters. The average Bonchev–Trinajstić information content (AvgIpc) is 2.87. The molecule has 2 rings (SSSR count).